The van der Waals surface area contributed by atoms with Crippen molar-refractivity contribution in [3.63, 3.8) is 0 Å². The zero-order chi connectivity index (χ0) is 17.1. The molecule has 0 saturated heterocycles. The second-order valence-corrected chi connectivity index (χ2v) is 5.45. The highest BCUT2D eigenvalue weighted by Crippen LogP contribution is 2.33. The molecule has 1 aliphatic heterocycles. The fourth-order valence-corrected chi connectivity index (χ4v) is 2.47. The Morgan fingerprint density at radius 1 is 0.958 bits per heavy atom. The predicted octanol–water partition coefficient (Wildman–Crippen LogP) is 2.21. The van der Waals surface area contributed by atoms with E-state index in [1.54, 1.807) is 50.4 Å². The van der Waals surface area contributed by atoms with Crippen LogP contribution in [-0.4, -0.2) is 31.1 Å². The van der Waals surface area contributed by atoms with Gasteiger partial charge < -0.3 is 20.1 Å². The first-order chi connectivity index (χ1) is 11.6. The number of ether oxygens (including phenoxy) is 2. The van der Waals surface area contributed by atoms with Crippen LogP contribution in [0.5, 0.6) is 11.5 Å². The van der Waals surface area contributed by atoms with Crippen LogP contribution < -0.4 is 20.1 Å². The number of anilines is 1. The molecule has 2 amide bonds. The van der Waals surface area contributed by atoms with Crippen molar-refractivity contribution in [3.8, 4) is 11.5 Å². The standard InChI is InChI=1S/C18H18N2O4/c1-11-16(24-15-6-4-3-5-14(15)23-11)18(22)20-13-9-7-12(8-10-13)17(21)19-2/h3-11,16H,1-2H3,(H,19,21)(H,20,22)/t11-,16+/m1/s1. The van der Waals surface area contributed by atoms with Crippen molar-refractivity contribution in [2.24, 2.45) is 0 Å². The molecule has 2 atom stereocenters. The fraction of sp³-hybridized carbons (Fsp3) is 0.222. The summed E-state index contributed by atoms with van der Waals surface area (Å²) in [6.45, 7) is 1.79. The zero-order valence-corrected chi connectivity index (χ0v) is 13.4. The zero-order valence-electron chi connectivity index (χ0n) is 13.4. The molecule has 2 aromatic rings. The van der Waals surface area contributed by atoms with E-state index in [9.17, 15) is 9.59 Å². The number of carbonyl (C=O) groups is 2. The molecular weight excluding hydrogens is 308 g/mol. The van der Waals surface area contributed by atoms with E-state index in [1.165, 1.54) is 0 Å². The van der Waals surface area contributed by atoms with Gasteiger partial charge in [0.15, 0.2) is 11.5 Å². The normalized spacial score (nSPS) is 18.6. The van der Waals surface area contributed by atoms with Gasteiger partial charge in [-0.15, -0.1) is 0 Å². The fourth-order valence-electron chi connectivity index (χ4n) is 2.47. The van der Waals surface area contributed by atoms with Gasteiger partial charge in [0.1, 0.15) is 6.10 Å². The monoisotopic (exact) mass is 326 g/mol. The Morgan fingerprint density at radius 2 is 1.58 bits per heavy atom. The molecule has 2 N–H and O–H groups in total. The van der Waals surface area contributed by atoms with Crippen LogP contribution in [-0.2, 0) is 4.79 Å². The molecule has 6 heteroatoms. The van der Waals surface area contributed by atoms with Crippen molar-refractivity contribution < 1.29 is 19.1 Å². The Bertz CT molecular complexity index is 758. The predicted molar refractivity (Wildman–Crippen MR) is 89.4 cm³/mol. The lowest BCUT2D eigenvalue weighted by molar-refractivity contribution is -0.128. The van der Waals surface area contributed by atoms with Gasteiger partial charge in [-0.1, -0.05) is 12.1 Å². The first-order valence-corrected chi connectivity index (χ1v) is 7.64. The van der Waals surface area contributed by atoms with Crippen LogP contribution in [0.4, 0.5) is 5.69 Å². The van der Waals surface area contributed by atoms with E-state index in [-0.39, 0.29) is 11.8 Å². The third-order valence-electron chi connectivity index (χ3n) is 3.74. The summed E-state index contributed by atoms with van der Waals surface area (Å²) in [7, 11) is 1.57. The molecule has 1 aliphatic rings. The molecule has 24 heavy (non-hydrogen) atoms. The van der Waals surface area contributed by atoms with E-state index in [0.717, 1.165) is 0 Å². The SMILES string of the molecule is CNC(=O)c1ccc(NC(=O)[C@H]2Oc3ccccc3O[C@@H]2C)cc1. The summed E-state index contributed by atoms with van der Waals surface area (Å²) < 4.78 is 11.5. The average molecular weight is 326 g/mol. The Hall–Kier alpha value is -3.02. The van der Waals surface area contributed by atoms with E-state index in [0.29, 0.717) is 22.7 Å². The molecule has 0 bridgehead atoms. The largest absolute Gasteiger partial charge is 0.482 e. The van der Waals surface area contributed by atoms with E-state index in [1.807, 2.05) is 12.1 Å². The molecule has 1 heterocycles. The molecule has 124 valence electrons. The highest BCUT2D eigenvalue weighted by molar-refractivity contribution is 5.97. The van der Waals surface area contributed by atoms with E-state index in [2.05, 4.69) is 10.6 Å². The van der Waals surface area contributed by atoms with Gasteiger partial charge in [0.05, 0.1) is 0 Å². The van der Waals surface area contributed by atoms with Gasteiger partial charge in [0.25, 0.3) is 11.8 Å². The van der Waals surface area contributed by atoms with Crippen molar-refractivity contribution in [1.82, 2.24) is 5.32 Å². The van der Waals surface area contributed by atoms with Crippen LogP contribution in [0.15, 0.2) is 48.5 Å². The highest BCUT2D eigenvalue weighted by atomic mass is 16.6. The summed E-state index contributed by atoms with van der Waals surface area (Å²) in [4.78, 5) is 24.0. The van der Waals surface area contributed by atoms with Crippen LogP contribution in [0.3, 0.4) is 0 Å². The lowest BCUT2D eigenvalue weighted by Gasteiger charge is -2.31. The maximum Gasteiger partial charge on any atom is 0.269 e. The van der Waals surface area contributed by atoms with Gasteiger partial charge >= 0.3 is 0 Å². The minimum absolute atomic E-state index is 0.179. The van der Waals surface area contributed by atoms with Crippen LogP contribution in [0.25, 0.3) is 0 Å². The summed E-state index contributed by atoms with van der Waals surface area (Å²) in [5.41, 5.74) is 1.11. The molecule has 0 fully saturated rings. The number of carbonyl (C=O) groups excluding carboxylic acids is 2. The van der Waals surface area contributed by atoms with Crippen molar-refractivity contribution in [2.75, 3.05) is 12.4 Å². The molecule has 6 nitrogen and oxygen atoms in total. The van der Waals surface area contributed by atoms with Gasteiger partial charge in [-0.25, -0.2) is 0 Å². The second-order valence-electron chi connectivity index (χ2n) is 5.45. The molecule has 0 radical (unpaired) electrons. The molecule has 0 unspecified atom stereocenters. The summed E-state index contributed by atoms with van der Waals surface area (Å²) >= 11 is 0. The number of para-hydroxylation sites is 2. The maximum atomic E-state index is 12.5. The summed E-state index contributed by atoms with van der Waals surface area (Å²) in [5, 5.41) is 5.33. The van der Waals surface area contributed by atoms with E-state index < -0.39 is 12.2 Å². The number of hydrogen-bond acceptors (Lipinski definition) is 4. The topological polar surface area (TPSA) is 76.7 Å². The lowest BCUT2D eigenvalue weighted by atomic mass is 10.1. The second kappa shape index (κ2) is 6.62. The first kappa shape index (κ1) is 15.9. The third-order valence-corrected chi connectivity index (χ3v) is 3.74. The summed E-state index contributed by atoms with van der Waals surface area (Å²) in [5.74, 6) is 0.696. The molecule has 2 aromatic carbocycles. The molecule has 0 aromatic heterocycles. The Morgan fingerprint density at radius 3 is 2.21 bits per heavy atom. The number of nitrogens with one attached hydrogen (secondary N) is 2. The van der Waals surface area contributed by atoms with Crippen molar-refractivity contribution in [3.05, 3.63) is 54.1 Å². The molecular formula is C18H18N2O4. The Balaban J connectivity index is 1.70. The summed E-state index contributed by atoms with van der Waals surface area (Å²) in [6, 6.07) is 13.9. The Labute approximate surface area is 139 Å². The third kappa shape index (κ3) is 3.17. The van der Waals surface area contributed by atoms with E-state index >= 15 is 0 Å². The highest BCUT2D eigenvalue weighted by Gasteiger charge is 2.34. The number of hydrogen-bond donors (Lipinski definition) is 2. The molecule has 0 spiro atoms. The number of fused-ring (bicyclic) bond motifs is 1. The number of benzene rings is 2. The van der Waals surface area contributed by atoms with Crippen molar-refractivity contribution >= 4 is 17.5 Å². The van der Waals surface area contributed by atoms with Crippen LogP contribution in [0.2, 0.25) is 0 Å². The van der Waals surface area contributed by atoms with E-state index in [4.69, 9.17) is 9.47 Å². The van der Waals surface area contributed by atoms with Crippen molar-refractivity contribution in [1.29, 1.82) is 0 Å². The first-order valence-electron chi connectivity index (χ1n) is 7.64. The van der Waals surface area contributed by atoms with Gasteiger partial charge in [-0.3, -0.25) is 9.59 Å². The van der Waals surface area contributed by atoms with Crippen molar-refractivity contribution in [2.45, 2.75) is 19.1 Å². The van der Waals surface area contributed by atoms with Crippen LogP contribution in [0.1, 0.15) is 17.3 Å². The average Bonchev–Trinajstić information content (AvgIpc) is 2.61. The van der Waals surface area contributed by atoms with Crippen LogP contribution >= 0.6 is 0 Å². The quantitative estimate of drug-likeness (QED) is 0.907. The number of amides is 2. The minimum Gasteiger partial charge on any atom is -0.482 e. The summed E-state index contributed by atoms with van der Waals surface area (Å²) in [6.07, 6.45) is -1.16. The van der Waals surface area contributed by atoms with Gasteiger partial charge in [0.2, 0.25) is 6.10 Å². The maximum absolute atomic E-state index is 12.5. The smallest absolute Gasteiger partial charge is 0.269 e. The molecule has 0 saturated carbocycles. The van der Waals surface area contributed by atoms with Gasteiger partial charge in [-0.05, 0) is 43.3 Å². The Kier molecular flexibility index (Phi) is 4.37. The van der Waals surface area contributed by atoms with Crippen LogP contribution in [0, 0.1) is 0 Å². The van der Waals surface area contributed by atoms with Gasteiger partial charge in [-0.2, -0.15) is 0 Å². The van der Waals surface area contributed by atoms with Gasteiger partial charge in [0, 0.05) is 18.3 Å². The molecule has 0 aliphatic carbocycles. The number of rotatable bonds is 3. The lowest BCUT2D eigenvalue weighted by Crippen LogP contribution is -2.46. The minimum atomic E-state index is -0.751. The molecule has 3 rings (SSSR count).